The molecule has 206 valence electrons. The third kappa shape index (κ3) is 8.63. The molecule has 0 aliphatic heterocycles. The van der Waals surface area contributed by atoms with Crippen molar-refractivity contribution in [3.8, 4) is 17.2 Å². The van der Waals surface area contributed by atoms with Crippen LogP contribution < -0.4 is 25.0 Å². The third-order valence-corrected chi connectivity index (χ3v) is 6.23. The van der Waals surface area contributed by atoms with Crippen molar-refractivity contribution in [2.24, 2.45) is 16.9 Å². The van der Waals surface area contributed by atoms with E-state index in [0.29, 0.717) is 45.2 Å². The van der Waals surface area contributed by atoms with Gasteiger partial charge in [0.2, 0.25) is 5.91 Å². The van der Waals surface area contributed by atoms with E-state index in [4.69, 9.17) is 37.4 Å². The zero-order chi connectivity index (χ0) is 28.4. The Morgan fingerprint density at radius 2 is 1.69 bits per heavy atom. The molecule has 0 radical (unpaired) electrons. The number of rotatable bonds is 12. The Hall–Kier alpha value is -3.75. The van der Waals surface area contributed by atoms with E-state index in [0.717, 1.165) is 5.56 Å². The van der Waals surface area contributed by atoms with Crippen molar-refractivity contribution in [1.82, 2.24) is 5.43 Å². The number of halogens is 2. The molecule has 0 aromatic heterocycles. The maximum Gasteiger partial charge on any atom is 0.252 e. The van der Waals surface area contributed by atoms with Crippen molar-refractivity contribution >= 4 is 46.9 Å². The van der Waals surface area contributed by atoms with E-state index in [2.05, 4.69) is 15.8 Å². The molecule has 2 amide bonds. The molecule has 0 saturated heterocycles. The molecule has 3 aromatic carbocycles. The van der Waals surface area contributed by atoms with Crippen LogP contribution in [-0.4, -0.2) is 31.7 Å². The standard InChI is InChI=1S/C29H31Cl2N3O5/c1-5-38-26-14-19(6-13-25(26)39-17-20-7-8-21(30)15-24(20)31)16-32-34-29(36)27(18(2)3)28(35)33-22-9-11-23(37-4)12-10-22/h6-16,18,27H,5,17H2,1-4H3,(H,33,35)(H,34,36). The summed E-state index contributed by atoms with van der Waals surface area (Å²) in [4.78, 5) is 25.7. The van der Waals surface area contributed by atoms with Gasteiger partial charge in [-0.1, -0.05) is 43.1 Å². The molecular formula is C29H31Cl2N3O5. The molecule has 10 heteroatoms. The van der Waals surface area contributed by atoms with Crippen molar-refractivity contribution < 1.29 is 23.8 Å². The zero-order valence-corrected chi connectivity index (χ0v) is 23.7. The highest BCUT2D eigenvalue weighted by atomic mass is 35.5. The minimum Gasteiger partial charge on any atom is -0.497 e. The normalized spacial score (nSPS) is 11.8. The topological polar surface area (TPSA) is 98.2 Å². The smallest absolute Gasteiger partial charge is 0.252 e. The average molecular weight is 572 g/mol. The number of hydrogen-bond acceptors (Lipinski definition) is 6. The zero-order valence-electron chi connectivity index (χ0n) is 22.2. The van der Waals surface area contributed by atoms with Gasteiger partial charge < -0.3 is 19.5 Å². The number of nitrogens with one attached hydrogen (secondary N) is 2. The molecular weight excluding hydrogens is 541 g/mol. The van der Waals surface area contributed by atoms with Crippen molar-refractivity contribution in [2.45, 2.75) is 27.4 Å². The maximum atomic E-state index is 12.8. The number of carbonyl (C=O) groups excluding carboxylic acids is 2. The summed E-state index contributed by atoms with van der Waals surface area (Å²) in [7, 11) is 1.56. The van der Waals surface area contributed by atoms with Crippen molar-refractivity contribution in [3.05, 3.63) is 81.8 Å². The lowest BCUT2D eigenvalue weighted by atomic mass is 9.94. The molecule has 0 saturated carbocycles. The van der Waals surface area contributed by atoms with Crippen LogP contribution in [0.2, 0.25) is 10.0 Å². The number of nitrogens with zero attached hydrogens (tertiary/aromatic N) is 1. The Bertz CT molecular complexity index is 1310. The molecule has 1 unspecified atom stereocenters. The van der Waals surface area contributed by atoms with Crippen LogP contribution in [0, 0.1) is 11.8 Å². The second kappa shape index (κ2) is 14.4. The Morgan fingerprint density at radius 1 is 0.949 bits per heavy atom. The summed E-state index contributed by atoms with van der Waals surface area (Å²) in [5.41, 5.74) is 4.49. The second-order valence-electron chi connectivity index (χ2n) is 8.84. The fourth-order valence-corrected chi connectivity index (χ4v) is 4.11. The first kappa shape index (κ1) is 29.8. The minimum absolute atomic E-state index is 0.231. The first-order chi connectivity index (χ1) is 18.7. The molecule has 0 aliphatic rings. The van der Waals surface area contributed by atoms with Gasteiger partial charge in [-0.3, -0.25) is 9.59 Å². The third-order valence-electron chi connectivity index (χ3n) is 5.64. The van der Waals surface area contributed by atoms with E-state index in [1.165, 1.54) is 6.21 Å². The quantitative estimate of drug-likeness (QED) is 0.150. The Balaban J connectivity index is 1.64. The monoisotopic (exact) mass is 571 g/mol. The molecule has 0 fully saturated rings. The highest BCUT2D eigenvalue weighted by molar-refractivity contribution is 6.35. The van der Waals surface area contributed by atoms with Crippen LogP contribution in [0.3, 0.4) is 0 Å². The van der Waals surface area contributed by atoms with Crippen LogP contribution in [0.15, 0.2) is 65.8 Å². The first-order valence-corrected chi connectivity index (χ1v) is 13.1. The summed E-state index contributed by atoms with van der Waals surface area (Å²) in [6.07, 6.45) is 1.47. The minimum atomic E-state index is -0.946. The number of anilines is 1. The van der Waals surface area contributed by atoms with Crippen LogP contribution in [-0.2, 0) is 16.2 Å². The van der Waals surface area contributed by atoms with Gasteiger partial charge in [-0.05, 0) is 73.0 Å². The van der Waals surface area contributed by atoms with E-state index < -0.39 is 17.7 Å². The van der Waals surface area contributed by atoms with Gasteiger partial charge in [0.05, 0.1) is 19.9 Å². The molecule has 2 N–H and O–H groups in total. The summed E-state index contributed by atoms with van der Waals surface area (Å²) in [6, 6.07) is 17.3. The molecule has 0 bridgehead atoms. The number of hydrogen-bond donors (Lipinski definition) is 2. The van der Waals surface area contributed by atoms with Gasteiger partial charge in [-0.25, -0.2) is 5.43 Å². The van der Waals surface area contributed by atoms with E-state index in [9.17, 15) is 9.59 Å². The summed E-state index contributed by atoms with van der Waals surface area (Å²) >= 11 is 12.2. The summed E-state index contributed by atoms with van der Waals surface area (Å²) in [6.45, 7) is 6.12. The van der Waals surface area contributed by atoms with Gasteiger partial charge in [0.25, 0.3) is 5.91 Å². The molecule has 8 nitrogen and oxygen atoms in total. The fraction of sp³-hybridized carbons (Fsp3) is 0.276. The number of ether oxygens (including phenoxy) is 3. The van der Waals surface area contributed by atoms with Crippen LogP contribution in [0.5, 0.6) is 17.2 Å². The number of carbonyl (C=O) groups is 2. The number of benzene rings is 3. The number of amides is 2. The van der Waals surface area contributed by atoms with Gasteiger partial charge in [-0.15, -0.1) is 0 Å². The van der Waals surface area contributed by atoms with Crippen molar-refractivity contribution in [2.75, 3.05) is 19.0 Å². The lowest BCUT2D eigenvalue weighted by Crippen LogP contribution is -2.39. The van der Waals surface area contributed by atoms with E-state index in [1.54, 1.807) is 81.6 Å². The van der Waals surface area contributed by atoms with Crippen LogP contribution in [0.25, 0.3) is 0 Å². The Kier molecular flexibility index (Phi) is 11.0. The van der Waals surface area contributed by atoms with Gasteiger partial charge in [-0.2, -0.15) is 5.10 Å². The second-order valence-corrected chi connectivity index (χ2v) is 9.68. The molecule has 39 heavy (non-hydrogen) atoms. The van der Waals surface area contributed by atoms with Crippen LogP contribution in [0.1, 0.15) is 31.9 Å². The van der Waals surface area contributed by atoms with E-state index >= 15 is 0 Å². The van der Waals surface area contributed by atoms with Crippen LogP contribution >= 0.6 is 23.2 Å². The maximum absolute atomic E-state index is 12.8. The fourth-order valence-electron chi connectivity index (χ4n) is 3.65. The number of hydrazone groups is 1. The largest absolute Gasteiger partial charge is 0.497 e. The average Bonchev–Trinajstić information content (AvgIpc) is 2.89. The van der Waals surface area contributed by atoms with Gasteiger partial charge in [0, 0.05) is 21.3 Å². The SMILES string of the molecule is CCOc1cc(C=NNC(=O)C(C(=O)Nc2ccc(OC)cc2)C(C)C)ccc1OCc1ccc(Cl)cc1Cl. The Labute approximate surface area is 238 Å². The van der Waals surface area contributed by atoms with Crippen molar-refractivity contribution in [1.29, 1.82) is 0 Å². The van der Waals surface area contributed by atoms with E-state index in [1.807, 2.05) is 6.92 Å². The summed E-state index contributed by atoms with van der Waals surface area (Å²) in [5, 5.41) is 7.88. The molecule has 0 heterocycles. The molecule has 1 atom stereocenters. The predicted octanol–water partition coefficient (Wildman–Crippen LogP) is 6.34. The summed E-state index contributed by atoms with van der Waals surface area (Å²) in [5.74, 6) is -0.442. The van der Waals surface area contributed by atoms with Gasteiger partial charge >= 0.3 is 0 Å². The lowest BCUT2D eigenvalue weighted by Gasteiger charge is -2.18. The van der Waals surface area contributed by atoms with Crippen LogP contribution in [0.4, 0.5) is 5.69 Å². The van der Waals surface area contributed by atoms with Crippen molar-refractivity contribution in [3.63, 3.8) is 0 Å². The highest BCUT2D eigenvalue weighted by Gasteiger charge is 2.30. The summed E-state index contributed by atoms with van der Waals surface area (Å²) < 4.78 is 16.8. The highest BCUT2D eigenvalue weighted by Crippen LogP contribution is 2.30. The Morgan fingerprint density at radius 3 is 2.33 bits per heavy atom. The predicted molar refractivity (Wildman–Crippen MR) is 154 cm³/mol. The lowest BCUT2D eigenvalue weighted by molar-refractivity contribution is -0.134. The van der Waals surface area contributed by atoms with Gasteiger partial charge in [0.15, 0.2) is 11.5 Å². The van der Waals surface area contributed by atoms with Gasteiger partial charge in [0.1, 0.15) is 18.3 Å². The number of methoxy groups -OCH3 is 1. The molecule has 3 aromatic rings. The molecule has 0 spiro atoms. The molecule has 0 aliphatic carbocycles. The first-order valence-electron chi connectivity index (χ1n) is 12.3. The van der Waals surface area contributed by atoms with E-state index in [-0.39, 0.29) is 12.5 Å². The molecule has 3 rings (SSSR count).